The van der Waals surface area contributed by atoms with Gasteiger partial charge in [0.2, 0.25) is 0 Å². The monoisotopic (exact) mass is 286 g/mol. The number of thioether (sulfide) groups is 1. The van der Waals surface area contributed by atoms with Crippen LogP contribution in [0.5, 0.6) is 0 Å². The summed E-state index contributed by atoms with van der Waals surface area (Å²) in [6.45, 7) is 0.384. The number of hydrogen-bond acceptors (Lipinski definition) is 5. The maximum Gasteiger partial charge on any atom is 0.356 e. The Bertz CT molecular complexity index is 628. The molecule has 20 heavy (non-hydrogen) atoms. The molecular formula is C15H14N2O2S. The molecule has 4 nitrogen and oxygen atoms in total. The number of hydrogen-bond donors (Lipinski definition) is 1. The molecule has 1 aromatic carbocycles. The van der Waals surface area contributed by atoms with Gasteiger partial charge < -0.3 is 10.5 Å². The van der Waals surface area contributed by atoms with Crippen LogP contribution in [0.2, 0.25) is 0 Å². The van der Waals surface area contributed by atoms with Crippen LogP contribution in [0, 0.1) is 0 Å². The number of nitrogens with two attached hydrogens (primary N) is 1. The van der Waals surface area contributed by atoms with Gasteiger partial charge in [0.1, 0.15) is 5.69 Å². The van der Waals surface area contributed by atoms with Crippen molar-refractivity contribution in [2.75, 3.05) is 18.1 Å². The number of rotatable bonds is 3. The van der Waals surface area contributed by atoms with Crippen LogP contribution < -0.4 is 5.73 Å². The zero-order chi connectivity index (χ0) is 13.9. The highest BCUT2D eigenvalue weighted by molar-refractivity contribution is 7.99. The van der Waals surface area contributed by atoms with Gasteiger partial charge in [0.25, 0.3) is 0 Å². The number of aromatic nitrogens is 1. The third kappa shape index (κ3) is 2.63. The highest BCUT2D eigenvalue weighted by Crippen LogP contribution is 2.39. The van der Waals surface area contributed by atoms with Crippen molar-refractivity contribution in [3.05, 3.63) is 53.9 Å². The summed E-state index contributed by atoms with van der Waals surface area (Å²) in [6, 6.07) is 11.5. The van der Waals surface area contributed by atoms with Gasteiger partial charge in [0.15, 0.2) is 0 Å². The van der Waals surface area contributed by atoms with Gasteiger partial charge in [-0.3, -0.25) is 0 Å². The lowest BCUT2D eigenvalue weighted by atomic mass is 10.0. The molecule has 1 aromatic heterocycles. The summed E-state index contributed by atoms with van der Waals surface area (Å²) in [7, 11) is 0. The van der Waals surface area contributed by atoms with E-state index in [1.165, 1.54) is 16.7 Å². The van der Waals surface area contributed by atoms with E-state index in [2.05, 4.69) is 17.1 Å². The van der Waals surface area contributed by atoms with Gasteiger partial charge in [0.05, 0.1) is 18.5 Å². The fourth-order valence-electron chi connectivity index (χ4n) is 2.14. The molecule has 1 atom stereocenters. The van der Waals surface area contributed by atoms with E-state index in [4.69, 9.17) is 10.5 Å². The lowest BCUT2D eigenvalue weighted by molar-refractivity contribution is 0.0480. The molecule has 0 saturated heterocycles. The lowest BCUT2D eigenvalue weighted by Gasteiger charge is -2.11. The summed E-state index contributed by atoms with van der Waals surface area (Å²) in [6.07, 6.45) is 1.46. The molecule has 0 fully saturated rings. The molecule has 5 heteroatoms. The molecule has 1 aliphatic heterocycles. The zero-order valence-corrected chi connectivity index (χ0v) is 11.6. The zero-order valence-electron chi connectivity index (χ0n) is 10.8. The first-order valence-electron chi connectivity index (χ1n) is 6.34. The van der Waals surface area contributed by atoms with Crippen molar-refractivity contribution in [3.8, 4) is 0 Å². The summed E-state index contributed by atoms with van der Waals surface area (Å²) >= 11 is 1.80. The number of carbonyl (C=O) groups is 1. The Labute approximate surface area is 121 Å². The van der Waals surface area contributed by atoms with Crippen LogP contribution >= 0.6 is 11.8 Å². The number of pyridine rings is 1. The van der Waals surface area contributed by atoms with Crippen LogP contribution in [-0.2, 0) is 4.74 Å². The van der Waals surface area contributed by atoms with E-state index in [9.17, 15) is 4.79 Å². The molecule has 0 spiro atoms. The highest BCUT2D eigenvalue weighted by Gasteiger charge is 2.24. The topological polar surface area (TPSA) is 65.2 Å². The average molecular weight is 286 g/mol. The maximum atomic E-state index is 11.9. The predicted molar refractivity (Wildman–Crippen MR) is 78.8 cm³/mol. The van der Waals surface area contributed by atoms with E-state index in [1.807, 2.05) is 12.1 Å². The molecule has 2 N–H and O–H groups in total. The molecule has 0 bridgehead atoms. The Morgan fingerprint density at radius 2 is 2.20 bits per heavy atom. The first-order chi connectivity index (χ1) is 9.74. The fraction of sp³-hybridized carbons (Fsp3) is 0.200. The first-order valence-corrected chi connectivity index (χ1v) is 7.33. The van der Waals surface area contributed by atoms with E-state index >= 15 is 0 Å². The number of benzene rings is 1. The van der Waals surface area contributed by atoms with Crippen molar-refractivity contribution >= 4 is 23.4 Å². The number of fused-ring (bicyclic) bond motifs is 1. The summed E-state index contributed by atoms with van der Waals surface area (Å²) in [5.74, 6) is 0.801. The van der Waals surface area contributed by atoms with Gasteiger partial charge in [-0.05, 0) is 23.8 Å². The van der Waals surface area contributed by atoms with Crippen molar-refractivity contribution in [1.82, 2.24) is 4.98 Å². The van der Waals surface area contributed by atoms with Crippen LogP contribution in [0.4, 0.5) is 5.69 Å². The molecule has 2 heterocycles. The van der Waals surface area contributed by atoms with E-state index in [-0.39, 0.29) is 11.6 Å². The van der Waals surface area contributed by atoms with Crippen molar-refractivity contribution in [2.45, 2.75) is 10.8 Å². The minimum Gasteiger partial charge on any atom is -0.460 e. The molecule has 1 unspecified atom stereocenters. The Morgan fingerprint density at radius 3 is 3.00 bits per heavy atom. The first kappa shape index (κ1) is 13.0. The van der Waals surface area contributed by atoms with Gasteiger partial charge in [0, 0.05) is 16.6 Å². The Hall–Kier alpha value is -2.01. The molecule has 0 saturated carbocycles. The molecule has 2 aromatic rings. The molecule has 3 rings (SSSR count). The third-order valence-corrected chi connectivity index (χ3v) is 4.46. The second-order valence-electron chi connectivity index (χ2n) is 4.62. The summed E-state index contributed by atoms with van der Waals surface area (Å²) in [5, 5.41) is 0. The average Bonchev–Trinajstić information content (AvgIpc) is 2.89. The lowest BCUT2D eigenvalue weighted by Crippen LogP contribution is -2.14. The van der Waals surface area contributed by atoms with E-state index in [0.717, 1.165) is 5.75 Å². The number of nitrogen functional groups attached to an aromatic ring is 1. The fourth-order valence-corrected chi connectivity index (χ4v) is 3.38. The van der Waals surface area contributed by atoms with E-state index in [0.29, 0.717) is 12.3 Å². The number of nitrogens with zero attached hydrogens (tertiary/aromatic N) is 1. The standard InChI is InChI=1S/C15H14N2O2S/c16-11-5-6-13(17-7-11)15(18)19-8-10-9-20-14-4-2-1-3-12(10)14/h1-7,10H,8-9,16H2. The van der Waals surface area contributed by atoms with Gasteiger partial charge in [-0.2, -0.15) is 0 Å². The van der Waals surface area contributed by atoms with Crippen LogP contribution in [0.1, 0.15) is 22.0 Å². The summed E-state index contributed by atoms with van der Waals surface area (Å²) < 4.78 is 5.35. The Balaban J connectivity index is 1.63. The quantitative estimate of drug-likeness (QED) is 0.879. The van der Waals surface area contributed by atoms with E-state index < -0.39 is 5.97 Å². The van der Waals surface area contributed by atoms with Gasteiger partial charge >= 0.3 is 5.97 Å². The Morgan fingerprint density at radius 1 is 1.35 bits per heavy atom. The Kier molecular flexibility index (Phi) is 3.60. The molecule has 102 valence electrons. The predicted octanol–water partition coefficient (Wildman–Crippen LogP) is 2.71. The van der Waals surface area contributed by atoms with Crippen LogP contribution in [0.15, 0.2) is 47.5 Å². The van der Waals surface area contributed by atoms with Gasteiger partial charge in [-0.15, -0.1) is 11.8 Å². The SMILES string of the molecule is Nc1ccc(C(=O)OCC2CSc3ccccc32)nc1. The second kappa shape index (κ2) is 5.54. The normalized spacial score (nSPS) is 16.7. The van der Waals surface area contributed by atoms with Crippen LogP contribution in [0.25, 0.3) is 0 Å². The van der Waals surface area contributed by atoms with Crippen LogP contribution in [-0.4, -0.2) is 23.3 Å². The number of carbonyl (C=O) groups excluding carboxylic acids is 1. The van der Waals surface area contributed by atoms with Crippen molar-refractivity contribution < 1.29 is 9.53 Å². The molecule has 0 amide bonds. The highest BCUT2D eigenvalue weighted by atomic mass is 32.2. The van der Waals surface area contributed by atoms with Gasteiger partial charge in [-0.25, -0.2) is 9.78 Å². The summed E-state index contributed by atoms with van der Waals surface area (Å²) in [4.78, 5) is 17.1. The number of esters is 1. The minimum absolute atomic E-state index is 0.258. The minimum atomic E-state index is -0.403. The summed E-state index contributed by atoms with van der Waals surface area (Å²) in [5.41, 5.74) is 7.62. The maximum absolute atomic E-state index is 11.9. The molecule has 0 radical (unpaired) electrons. The second-order valence-corrected chi connectivity index (χ2v) is 5.68. The largest absolute Gasteiger partial charge is 0.460 e. The number of ether oxygens (including phenoxy) is 1. The van der Waals surface area contributed by atoms with Crippen LogP contribution in [0.3, 0.4) is 0 Å². The third-order valence-electron chi connectivity index (χ3n) is 3.21. The molecular weight excluding hydrogens is 272 g/mol. The van der Waals surface area contributed by atoms with Crippen molar-refractivity contribution in [2.24, 2.45) is 0 Å². The molecule has 1 aliphatic rings. The van der Waals surface area contributed by atoms with Gasteiger partial charge in [-0.1, -0.05) is 18.2 Å². The smallest absolute Gasteiger partial charge is 0.356 e. The molecule has 0 aliphatic carbocycles. The van der Waals surface area contributed by atoms with Crippen molar-refractivity contribution in [1.29, 1.82) is 0 Å². The van der Waals surface area contributed by atoms with E-state index in [1.54, 1.807) is 23.9 Å². The van der Waals surface area contributed by atoms with Crippen molar-refractivity contribution in [3.63, 3.8) is 0 Å². The number of anilines is 1.